The van der Waals surface area contributed by atoms with E-state index in [4.69, 9.17) is 9.47 Å². The van der Waals surface area contributed by atoms with Gasteiger partial charge >= 0.3 is 5.97 Å². The van der Waals surface area contributed by atoms with E-state index >= 15 is 0 Å². The van der Waals surface area contributed by atoms with E-state index in [1.54, 1.807) is 12.1 Å². The van der Waals surface area contributed by atoms with Crippen molar-refractivity contribution in [3.8, 4) is 16.9 Å². The van der Waals surface area contributed by atoms with Gasteiger partial charge in [0.15, 0.2) is 6.10 Å². The Hall–Kier alpha value is -2.36. The summed E-state index contributed by atoms with van der Waals surface area (Å²) in [6.45, 7) is 0. The van der Waals surface area contributed by atoms with E-state index < -0.39 is 6.10 Å². The molecule has 0 amide bonds. The molecule has 0 spiro atoms. The van der Waals surface area contributed by atoms with Crippen LogP contribution in [-0.4, -0.2) is 19.2 Å². The van der Waals surface area contributed by atoms with Crippen molar-refractivity contribution >= 4 is 5.97 Å². The van der Waals surface area contributed by atoms with Gasteiger partial charge in [-0.3, -0.25) is 0 Å². The average molecular weight is 286 g/mol. The van der Waals surface area contributed by atoms with E-state index in [2.05, 4.69) is 0 Å². The zero-order valence-corrected chi connectivity index (χ0v) is 11.6. The van der Waals surface area contributed by atoms with Crippen LogP contribution in [-0.2, 0) is 16.0 Å². The van der Waals surface area contributed by atoms with Crippen molar-refractivity contribution in [3.05, 3.63) is 53.8 Å². The van der Waals surface area contributed by atoms with Gasteiger partial charge in [0, 0.05) is 0 Å². The summed E-state index contributed by atoms with van der Waals surface area (Å²) in [5.41, 5.74) is 3.01. The molecule has 0 radical (unpaired) electrons. The molecule has 0 bridgehead atoms. The Kier molecular flexibility index (Phi) is 3.60. The fraction of sp³-hybridized carbons (Fsp3) is 0.235. The van der Waals surface area contributed by atoms with Gasteiger partial charge < -0.3 is 9.47 Å². The third-order valence-corrected chi connectivity index (χ3v) is 3.65. The van der Waals surface area contributed by atoms with Crippen molar-refractivity contribution in [2.45, 2.75) is 18.9 Å². The van der Waals surface area contributed by atoms with Crippen LogP contribution in [0.3, 0.4) is 0 Å². The van der Waals surface area contributed by atoms with Crippen LogP contribution >= 0.6 is 0 Å². The predicted octanol–water partition coefficient (Wildman–Crippen LogP) is 3.36. The number of hydrogen-bond acceptors (Lipinski definition) is 3. The maximum Gasteiger partial charge on any atom is 0.347 e. The highest BCUT2D eigenvalue weighted by Gasteiger charge is 2.26. The molecule has 0 aliphatic carbocycles. The minimum atomic E-state index is -0.529. The molecular formula is C17H15FO3. The highest BCUT2D eigenvalue weighted by molar-refractivity contribution is 5.75. The highest BCUT2D eigenvalue weighted by atomic mass is 19.1. The molecule has 3 rings (SSSR count). The molecule has 0 saturated carbocycles. The Morgan fingerprint density at radius 3 is 2.62 bits per heavy atom. The molecule has 1 aliphatic heterocycles. The molecule has 21 heavy (non-hydrogen) atoms. The third-order valence-electron chi connectivity index (χ3n) is 3.65. The maximum absolute atomic E-state index is 13.0. The summed E-state index contributed by atoms with van der Waals surface area (Å²) in [7, 11) is 1.36. The number of benzene rings is 2. The average Bonchev–Trinajstić information content (AvgIpc) is 2.54. The summed E-state index contributed by atoms with van der Waals surface area (Å²) in [5.74, 6) is 0.117. The number of fused-ring (bicyclic) bond motifs is 1. The van der Waals surface area contributed by atoms with Crippen LogP contribution in [0.1, 0.15) is 12.0 Å². The maximum atomic E-state index is 13.0. The van der Waals surface area contributed by atoms with Crippen LogP contribution in [0.2, 0.25) is 0 Å². The van der Waals surface area contributed by atoms with Crippen LogP contribution in [0.5, 0.6) is 5.75 Å². The van der Waals surface area contributed by atoms with E-state index in [9.17, 15) is 9.18 Å². The second kappa shape index (κ2) is 5.56. The fourth-order valence-electron chi connectivity index (χ4n) is 2.51. The van der Waals surface area contributed by atoms with E-state index in [-0.39, 0.29) is 11.8 Å². The van der Waals surface area contributed by atoms with E-state index in [0.29, 0.717) is 12.2 Å². The molecule has 1 aliphatic rings. The number of aryl methyl sites for hydroxylation is 1. The first kappa shape index (κ1) is 13.6. The van der Waals surface area contributed by atoms with Gasteiger partial charge in [-0.25, -0.2) is 9.18 Å². The van der Waals surface area contributed by atoms with Gasteiger partial charge in [-0.2, -0.15) is 0 Å². The lowest BCUT2D eigenvalue weighted by Crippen LogP contribution is -2.32. The van der Waals surface area contributed by atoms with Gasteiger partial charge in [0.25, 0.3) is 0 Å². The summed E-state index contributed by atoms with van der Waals surface area (Å²) >= 11 is 0. The Bertz CT molecular complexity index is 664. The number of ether oxygens (including phenoxy) is 2. The molecule has 0 aromatic heterocycles. The molecule has 0 saturated heterocycles. The number of halogens is 1. The van der Waals surface area contributed by atoms with Crippen LogP contribution in [0.4, 0.5) is 4.39 Å². The topological polar surface area (TPSA) is 35.5 Å². The summed E-state index contributed by atoms with van der Waals surface area (Å²) in [6, 6.07) is 12.2. The summed E-state index contributed by atoms with van der Waals surface area (Å²) < 4.78 is 23.3. The van der Waals surface area contributed by atoms with Crippen molar-refractivity contribution in [2.24, 2.45) is 0 Å². The molecule has 2 aromatic carbocycles. The smallest absolute Gasteiger partial charge is 0.347 e. The summed E-state index contributed by atoms with van der Waals surface area (Å²) in [6.07, 6.45) is 0.829. The zero-order chi connectivity index (χ0) is 14.8. The Morgan fingerprint density at radius 1 is 1.19 bits per heavy atom. The molecule has 0 N–H and O–H groups in total. The number of hydrogen-bond donors (Lipinski definition) is 0. The SMILES string of the molecule is COC(=O)C1CCc2cc(-c3ccc(F)cc3)ccc2O1. The van der Waals surface area contributed by atoms with Crippen LogP contribution in [0.15, 0.2) is 42.5 Å². The van der Waals surface area contributed by atoms with Crippen molar-refractivity contribution in [3.63, 3.8) is 0 Å². The molecule has 1 unspecified atom stereocenters. The quantitative estimate of drug-likeness (QED) is 0.794. The third kappa shape index (κ3) is 2.75. The highest BCUT2D eigenvalue weighted by Crippen LogP contribution is 2.32. The van der Waals surface area contributed by atoms with E-state index in [1.165, 1.54) is 19.2 Å². The second-order valence-corrected chi connectivity index (χ2v) is 5.00. The van der Waals surface area contributed by atoms with Gasteiger partial charge in [-0.15, -0.1) is 0 Å². The Balaban J connectivity index is 1.86. The molecular weight excluding hydrogens is 271 g/mol. The normalized spacial score (nSPS) is 16.8. The van der Waals surface area contributed by atoms with Crippen molar-refractivity contribution < 1.29 is 18.7 Å². The number of carbonyl (C=O) groups is 1. The van der Waals surface area contributed by atoms with Crippen LogP contribution < -0.4 is 4.74 Å². The number of methoxy groups -OCH3 is 1. The van der Waals surface area contributed by atoms with Crippen molar-refractivity contribution in [2.75, 3.05) is 7.11 Å². The molecule has 108 valence electrons. The number of rotatable bonds is 2. The molecule has 0 fully saturated rings. The molecule has 1 atom stereocenters. The van der Waals surface area contributed by atoms with Gasteiger partial charge in [-0.1, -0.05) is 18.2 Å². The van der Waals surface area contributed by atoms with Crippen LogP contribution in [0, 0.1) is 5.82 Å². The first-order valence-corrected chi connectivity index (χ1v) is 6.81. The van der Waals surface area contributed by atoms with E-state index in [1.807, 2.05) is 18.2 Å². The lowest BCUT2D eigenvalue weighted by atomic mass is 9.97. The zero-order valence-electron chi connectivity index (χ0n) is 11.6. The lowest BCUT2D eigenvalue weighted by molar-refractivity contribution is -0.149. The first-order valence-electron chi connectivity index (χ1n) is 6.81. The van der Waals surface area contributed by atoms with Gasteiger partial charge in [0.1, 0.15) is 11.6 Å². The fourth-order valence-corrected chi connectivity index (χ4v) is 2.51. The molecule has 1 heterocycles. The second-order valence-electron chi connectivity index (χ2n) is 5.00. The molecule has 2 aromatic rings. The largest absolute Gasteiger partial charge is 0.478 e. The van der Waals surface area contributed by atoms with Crippen molar-refractivity contribution in [1.29, 1.82) is 0 Å². The summed E-state index contributed by atoms with van der Waals surface area (Å²) in [5, 5.41) is 0. The van der Waals surface area contributed by atoms with Crippen LogP contribution in [0.25, 0.3) is 11.1 Å². The molecule has 4 heteroatoms. The van der Waals surface area contributed by atoms with Gasteiger partial charge in [0.2, 0.25) is 0 Å². The minimum Gasteiger partial charge on any atom is -0.478 e. The van der Waals surface area contributed by atoms with Gasteiger partial charge in [0.05, 0.1) is 7.11 Å². The van der Waals surface area contributed by atoms with Gasteiger partial charge in [-0.05, 0) is 53.8 Å². The predicted molar refractivity (Wildman–Crippen MR) is 76.6 cm³/mol. The number of carbonyl (C=O) groups excluding carboxylic acids is 1. The van der Waals surface area contributed by atoms with E-state index in [0.717, 1.165) is 23.1 Å². The number of esters is 1. The molecule has 3 nitrogen and oxygen atoms in total. The minimum absolute atomic E-state index is 0.249. The monoisotopic (exact) mass is 286 g/mol. The lowest BCUT2D eigenvalue weighted by Gasteiger charge is -2.24. The van der Waals surface area contributed by atoms with Crippen molar-refractivity contribution in [1.82, 2.24) is 0 Å². The standard InChI is InChI=1S/C17H15FO3/c1-20-17(19)16-9-5-13-10-12(4-8-15(13)21-16)11-2-6-14(18)7-3-11/h2-4,6-8,10,16H,5,9H2,1H3. The summed E-state index contributed by atoms with van der Waals surface area (Å²) in [4.78, 5) is 11.5. The Morgan fingerprint density at radius 2 is 1.90 bits per heavy atom. The first-order chi connectivity index (χ1) is 10.2. The Labute approximate surface area is 122 Å².